The number of para-hydroxylation sites is 1. The summed E-state index contributed by atoms with van der Waals surface area (Å²) in [5.74, 6) is 0. The third-order valence-corrected chi connectivity index (χ3v) is 2.76. The van der Waals surface area contributed by atoms with Crippen molar-refractivity contribution in [3.8, 4) is 0 Å². The monoisotopic (exact) mass is 274 g/mol. The lowest BCUT2D eigenvalue weighted by Gasteiger charge is -2.07. The van der Waals surface area contributed by atoms with Crippen molar-refractivity contribution in [2.45, 2.75) is 19.6 Å². The minimum atomic E-state index is -1.32. The zero-order valence-electron chi connectivity index (χ0n) is 11.9. The predicted octanol–water partition coefficient (Wildman–Crippen LogP) is 2.16. The van der Waals surface area contributed by atoms with Crippen molar-refractivity contribution in [2.75, 3.05) is 18.1 Å². The summed E-state index contributed by atoms with van der Waals surface area (Å²) in [6, 6.07) is 15.6. The molecule has 2 aromatic carbocycles. The van der Waals surface area contributed by atoms with Gasteiger partial charge in [-0.25, -0.2) is 0 Å². The Kier molecular flexibility index (Phi) is 6.56. The van der Waals surface area contributed by atoms with E-state index >= 15 is 0 Å². The van der Waals surface area contributed by atoms with Gasteiger partial charge in [0, 0.05) is 24.8 Å². The second-order valence-electron chi connectivity index (χ2n) is 4.50. The van der Waals surface area contributed by atoms with Crippen LogP contribution in [0.4, 0.5) is 11.4 Å². The second-order valence-corrected chi connectivity index (χ2v) is 4.50. The lowest BCUT2D eigenvalue weighted by molar-refractivity contribution is -0.0380. The van der Waals surface area contributed by atoms with E-state index < -0.39 is 6.29 Å². The van der Waals surface area contributed by atoms with Crippen LogP contribution in [-0.2, 0) is 6.42 Å². The highest BCUT2D eigenvalue weighted by molar-refractivity contribution is 5.48. The number of hydrogen-bond donors (Lipinski definition) is 4. The molecule has 0 aromatic heterocycles. The van der Waals surface area contributed by atoms with E-state index in [9.17, 15) is 0 Å². The maximum absolute atomic E-state index is 8.72. The first kappa shape index (κ1) is 16.0. The Balaban J connectivity index is 0.000000217. The molecule has 4 heteroatoms. The smallest absolute Gasteiger partial charge is 0.155 e. The molecule has 0 spiro atoms. The summed E-state index contributed by atoms with van der Waals surface area (Å²) >= 11 is 0. The van der Waals surface area contributed by atoms with Crippen LogP contribution in [-0.4, -0.2) is 23.6 Å². The Morgan fingerprint density at radius 3 is 2.25 bits per heavy atom. The van der Waals surface area contributed by atoms with Crippen LogP contribution in [0.5, 0.6) is 0 Å². The van der Waals surface area contributed by atoms with Crippen LogP contribution in [0.15, 0.2) is 48.5 Å². The Morgan fingerprint density at radius 2 is 1.75 bits per heavy atom. The summed E-state index contributed by atoms with van der Waals surface area (Å²) in [5.41, 5.74) is 9.23. The molecule has 0 aliphatic rings. The first-order valence-electron chi connectivity index (χ1n) is 6.47. The molecule has 108 valence electrons. The minimum absolute atomic E-state index is 0.188. The predicted molar refractivity (Wildman–Crippen MR) is 83.5 cm³/mol. The number of aryl methyl sites for hydroxylation is 1. The molecule has 2 aromatic rings. The third-order valence-electron chi connectivity index (χ3n) is 2.76. The lowest BCUT2D eigenvalue weighted by atomic mass is 10.1. The second kappa shape index (κ2) is 8.19. The first-order chi connectivity index (χ1) is 9.52. The molecule has 0 saturated carbocycles. The van der Waals surface area contributed by atoms with Crippen molar-refractivity contribution in [3.63, 3.8) is 0 Å². The number of rotatable bonds is 3. The maximum Gasteiger partial charge on any atom is 0.155 e. The number of nitrogen functional groups attached to an aromatic ring is 1. The maximum atomic E-state index is 8.72. The fraction of sp³-hybridized carbons (Fsp3) is 0.250. The molecule has 0 aliphatic heterocycles. The zero-order valence-corrected chi connectivity index (χ0v) is 11.9. The van der Waals surface area contributed by atoms with Gasteiger partial charge in [0.15, 0.2) is 6.29 Å². The fourth-order valence-electron chi connectivity index (χ4n) is 1.71. The van der Waals surface area contributed by atoms with Gasteiger partial charge < -0.3 is 21.3 Å². The summed E-state index contributed by atoms with van der Waals surface area (Å²) in [6.45, 7) is 1.94. The van der Waals surface area contributed by atoms with E-state index in [2.05, 4.69) is 5.32 Å². The zero-order chi connectivity index (χ0) is 15.0. The van der Waals surface area contributed by atoms with Crippen LogP contribution in [0.25, 0.3) is 0 Å². The molecular formula is C16H22N2O2. The standard InChI is InChI=1S/C9H13NO2.C7H9N/c1-6-2-3-8(10)7(4-6)5-9(11)12;1-8-7-5-3-2-4-6-7/h2-4,9,11-12H,5,10H2,1H3;2-6,8H,1H3. The molecule has 20 heavy (non-hydrogen) atoms. The fourth-order valence-corrected chi connectivity index (χ4v) is 1.71. The van der Waals surface area contributed by atoms with Crippen LogP contribution >= 0.6 is 0 Å². The van der Waals surface area contributed by atoms with Crippen LogP contribution < -0.4 is 11.1 Å². The van der Waals surface area contributed by atoms with E-state index in [0.29, 0.717) is 5.69 Å². The first-order valence-corrected chi connectivity index (χ1v) is 6.47. The average molecular weight is 274 g/mol. The Hall–Kier alpha value is -2.04. The number of aliphatic hydroxyl groups excluding tert-OH is 1. The van der Waals surface area contributed by atoms with Gasteiger partial charge >= 0.3 is 0 Å². The normalized spacial score (nSPS) is 9.85. The molecular weight excluding hydrogens is 252 g/mol. The van der Waals surface area contributed by atoms with Gasteiger partial charge in [-0.3, -0.25) is 0 Å². The Bertz CT molecular complexity index is 513. The van der Waals surface area contributed by atoms with Crippen LogP contribution in [0.3, 0.4) is 0 Å². The Labute approximate surface area is 119 Å². The number of nitrogens with two attached hydrogens (primary N) is 1. The van der Waals surface area contributed by atoms with E-state index in [1.54, 1.807) is 6.07 Å². The van der Waals surface area contributed by atoms with Crippen molar-refractivity contribution in [1.29, 1.82) is 0 Å². The number of benzene rings is 2. The number of hydrogen-bond acceptors (Lipinski definition) is 4. The van der Waals surface area contributed by atoms with Gasteiger partial charge in [0.05, 0.1) is 0 Å². The molecule has 0 fully saturated rings. The number of aliphatic hydroxyl groups is 2. The molecule has 0 radical (unpaired) electrons. The van der Waals surface area contributed by atoms with E-state index in [0.717, 1.165) is 16.8 Å². The summed E-state index contributed by atoms with van der Waals surface area (Å²) in [7, 11) is 1.91. The topological polar surface area (TPSA) is 78.5 Å². The summed E-state index contributed by atoms with van der Waals surface area (Å²) in [6.07, 6.45) is -1.14. The van der Waals surface area contributed by atoms with Gasteiger partial charge in [0.2, 0.25) is 0 Å². The van der Waals surface area contributed by atoms with Gasteiger partial charge in [0.1, 0.15) is 0 Å². The summed E-state index contributed by atoms with van der Waals surface area (Å²) < 4.78 is 0. The molecule has 2 rings (SSSR count). The molecule has 0 aliphatic carbocycles. The molecule has 5 N–H and O–H groups in total. The van der Waals surface area contributed by atoms with E-state index in [1.165, 1.54) is 0 Å². The van der Waals surface area contributed by atoms with Crippen LogP contribution in [0.2, 0.25) is 0 Å². The number of nitrogens with one attached hydrogen (secondary N) is 1. The quantitative estimate of drug-likeness (QED) is 0.511. The van der Waals surface area contributed by atoms with E-state index in [4.69, 9.17) is 15.9 Å². The third kappa shape index (κ3) is 5.73. The van der Waals surface area contributed by atoms with Crippen molar-refractivity contribution in [2.24, 2.45) is 0 Å². The minimum Gasteiger partial charge on any atom is -0.399 e. The average Bonchev–Trinajstić information content (AvgIpc) is 2.44. The SMILES string of the molecule is CNc1ccccc1.Cc1ccc(N)c(CC(O)O)c1. The van der Waals surface area contributed by atoms with Gasteiger partial charge in [-0.1, -0.05) is 35.9 Å². The van der Waals surface area contributed by atoms with Gasteiger partial charge in [-0.15, -0.1) is 0 Å². The molecule has 0 amide bonds. The van der Waals surface area contributed by atoms with Crippen molar-refractivity contribution in [1.82, 2.24) is 0 Å². The molecule has 0 atom stereocenters. The van der Waals surface area contributed by atoms with E-state index in [1.807, 2.05) is 56.4 Å². The van der Waals surface area contributed by atoms with Gasteiger partial charge in [-0.2, -0.15) is 0 Å². The summed E-state index contributed by atoms with van der Waals surface area (Å²) in [5, 5.41) is 20.5. The molecule has 0 unspecified atom stereocenters. The van der Waals surface area contributed by atoms with Crippen LogP contribution in [0, 0.1) is 6.92 Å². The van der Waals surface area contributed by atoms with E-state index in [-0.39, 0.29) is 6.42 Å². The highest BCUT2D eigenvalue weighted by Gasteiger charge is 2.03. The number of anilines is 2. The lowest BCUT2D eigenvalue weighted by Crippen LogP contribution is -2.10. The van der Waals surface area contributed by atoms with Crippen molar-refractivity contribution in [3.05, 3.63) is 59.7 Å². The Morgan fingerprint density at radius 1 is 1.10 bits per heavy atom. The molecule has 4 nitrogen and oxygen atoms in total. The molecule has 0 bridgehead atoms. The largest absolute Gasteiger partial charge is 0.399 e. The van der Waals surface area contributed by atoms with Crippen LogP contribution in [0.1, 0.15) is 11.1 Å². The highest BCUT2D eigenvalue weighted by atomic mass is 16.5. The van der Waals surface area contributed by atoms with Crippen molar-refractivity contribution >= 4 is 11.4 Å². The van der Waals surface area contributed by atoms with Crippen molar-refractivity contribution < 1.29 is 10.2 Å². The van der Waals surface area contributed by atoms with Gasteiger partial charge in [0.25, 0.3) is 0 Å². The highest BCUT2D eigenvalue weighted by Crippen LogP contribution is 2.14. The molecule has 0 saturated heterocycles. The molecule has 0 heterocycles. The summed E-state index contributed by atoms with van der Waals surface area (Å²) in [4.78, 5) is 0. The van der Waals surface area contributed by atoms with Gasteiger partial charge in [-0.05, 0) is 30.7 Å².